The normalized spacial score (nSPS) is 11.3. The molecule has 0 fully saturated rings. The van der Waals surface area contributed by atoms with Crippen molar-refractivity contribution in [3.8, 4) is 0 Å². The lowest BCUT2D eigenvalue weighted by molar-refractivity contribution is -0.120. The largest absolute Gasteiger partial charge is 0.349 e. The molecule has 25 heavy (non-hydrogen) atoms. The number of hydrogen-bond donors (Lipinski definition) is 3. The predicted octanol–water partition coefficient (Wildman–Crippen LogP) is 2.85. The van der Waals surface area contributed by atoms with E-state index >= 15 is 0 Å². The Morgan fingerprint density at radius 2 is 1.36 bits per heavy atom. The van der Waals surface area contributed by atoms with Crippen LogP contribution in [-0.2, 0) is 14.4 Å². The van der Waals surface area contributed by atoms with Gasteiger partial charge in [0.1, 0.15) is 0 Å². The van der Waals surface area contributed by atoms with Gasteiger partial charge in [-0.25, -0.2) is 0 Å². The van der Waals surface area contributed by atoms with Crippen molar-refractivity contribution >= 4 is 29.1 Å². The molecule has 3 amide bonds. The molecule has 3 N–H and O–H groups in total. The molecular formula is C19H21N3O3. The maximum absolute atomic E-state index is 12.3. The van der Waals surface area contributed by atoms with Crippen LogP contribution in [0.2, 0.25) is 0 Å². The number of nitrogens with one attached hydrogen (secondary N) is 3. The smallest absolute Gasteiger partial charge is 0.226 e. The number of carbonyl (C=O) groups excluding carboxylic acids is 3. The Hall–Kier alpha value is -3.15. The first-order chi connectivity index (χ1) is 11.9. The first-order valence-electron chi connectivity index (χ1n) is 7.93. The molecule has 130 valence electrons. The first kappa shape index (κ1) is 18.2. The Morgan fingerprint density at radius 1 is 0.800 bits per heavy atom. The molecule has 1 unspecified atom stereocenters. The topological polar surface area (TPSA) is 87.3 Å². The van der Waals surface area contributed by atoms with Crippen molar-refractivity contribution in [2.45, 2.75) is 26.3 Å². The van der Waals surface area contributed by atoms with Gasteiger partial charge in [-0.2, -0.15) is 0 Å². The molecule has 0 radical (unpaired) electrons. The van der Waals surface area contributed by atoms with Crippen molar-refractivity contribution in [2.75, 3.05) is 10.6 Å². The van der Waals surface area contributed by atoms with Crippen LogP contribution in [0.15, 0.2) is 54.6 Å². The van der Waals surface area contributed by atoms with E-state index in [9.17, 15) is 14.4 Å². The second-order valence-corrected chi connectivity index (χ2v) is 5.67. The van der Waals surface area contributed by atoms with E-state index in [4.69, 9.17) is 0 Å². The highest BCUT2D eigenvalue weighted by molar-refractivity contribution is 5.92. The van der Waals surface area contributed by atoms with Gasteiger partial charge in [0.2, 0.25) is 17.7 Å². The summed E-state index contributed by atoms with van der Waals surface area (Å²) >= 11 is 0. The van der Waals surface area contributed by atoms with Crippen molar-refractivity contribution in [1.82, 2.24) is 5.32 Å². The zero-order valence-corrected chi connectivity index (χ0v) is 14.2. The van der Waals surface area contributed by atoms with E-state index in [-0.39, 0.29) is 24.1 Å². The highest BCUT2D eigenvalue weighted by atomic mass is 16.2. The molecule has 1 atom stereocenters. The van der Waals surface area contributed by atoms with Crippen LogP contribution in [-0.4, -0.2) is 17.7 Å². The summed E-state index contributed by atoms with van der Waals surface area (Å²) in [5.74, 6) is -0.561. The van der Waals surface area contributed by atoms with Gasteiger partial charge in [-0.05, 0) is 29.8 Å². The minimum absolute atomic E-state index is 0.122. The average Bonchev–Trinajstić information content (AvgIpc) is 2.56. The summed E-state index contributed by atoms with van der Waals surface area (Å²) < 4.78 is 0. The fourth-order valence-corrected chi connectivity index (χ4v) is 2.42. The van der Waals surface area contributed by atoms with Crippen molar-refractivity contribution in [3.05, 3.63) is 60.2 Å². The number of carbonyl (C=O) groups is 3. The van der Waals surface area contributed by atoms with Crippen LogP contribution in [0.4, 0.5) is 11.4 Å². The van der Waals surface area contributed by atoms with Crippen molar-refractivity contribution < 1.29 is 14.4 Å². The maximum atomic E-state index is 12.3. The molecule has 0 aliphatic heterocycles. The van der Waals surface area contributed by atoms with Gasteiger partial charge in [0.15, 0.2) is 0 Å². The lowest BCUT2D eigenvalue weighted by Crippen LogP contribution is -2.29. The van der Waals surface area contributed by atoms with Gasteiger partial charge in [0.05, 0.1) is 12.5 Å². The molecule has 2 aromatic rings. The van der Waals surface area contributed by atoms with E-state index < -0.39 is 6.04 Å². The molecular weight excluding hydrogens is 318 g/mol. The Balaban J connectivity index is 2.01. The minimum atomic E-state index is -0.391. The van der Waals surface area contributed by atoms with E-state index in [1.165, 1.54) is 13.8 Å². The van der Waals surface area contributed by atoms with Crippen LogP contribution in [0, 0.1) is 0 Å². The van der Waals surface area contributed by atoms with Crippen LogP contribution in [0.25, 0.3) is 0 Å². The summed E-state index contributed by atoms with van der Waals surface area (Å²) in [5.41, 5.74) is 2.15. The van der Waals surface area contributed by atoms with Crippen LogP contribution >= 0.6 is 0 Å². The number of hydrogen-bond acceptors (Lipinski definition) is 3. The molecule has 0 bridgehead atoms. The molecule has 0 aliphatic rings. The lowest BCUT2D eigenvalue weighted by atomic mass is 10.0. The van der Waals surface area contributed by atoms with Crippen LogP contribution < -0.4 is 16.0 Å². The molecule has 0 heterocycles. The zero-order chi connectivity index (χ0) is 18.2. The van der Waals surface area contributed by atoms with E-state index in [1.807, 2.05) is 30.3 Å². The molecule has 2 rings (SSSR count). The van der Waals surface area contributed by atoms with E-state index in [0.29, 0.717) is 11.4 Å². The summed E-state index contributed by atoms with van der Waals surface area (Å²) in [6.07, 6.45) is 0.122. The third-order valence-corrected chi connectivity index (χ3v) is 3.46. The molecule has 6 nitrogen and oxygen atoms in total. The summed E-state index contributed by atoms with van der Waals surface area (Å²) in [7, 11) is 0. The summed E-state index contributed by atoms with van der Waals surface area (Å²) in [6, 6.07) is 15.8. The van der Waals surface area contributed by atoms with Gasteiger partial charge in [-0.1, -0.05) is 30.3 Å². The third-order valence-electron chi connectivity index (χ3n) is 3.46. The quantitative estimate of drug-likeness (QED) is 0.756. The lowest BCUT2D eigenvalue weighted by Gasteiger charge is -2.18. The Kier molecular flexibility index (Phi) is 6.28. The molecule has 0 spiro atoms. The van der Waals surface area contributed by atoms with Gasteiger partial charge >= 0.3 is 0 Å². The summed E-state index contributed by atoms with van der Waals surface area (Å²) in [5, 5.41) is 8.25. The SMILES string of the molecule is CC(=O)Nc1ccc(NC(=O)CC(NC(C)=O)c2ccccc2)cc1. The Morgan fingerprint density at radius 3 is 1.88 bits per heavy atom. The van der Waals surface area contributed by atoms with Crippen molar-refractivity contribution in [2.24, 2.45) is 0 Å². The van der Waals surface area contributed by atoms with Gasteiger partial charge in [-0.3, -0.25) is 14.4 Å². The standard InChI is InChI=1S/C19H21N3O3/c1-13(23)20-16-8-10-17(11-9-16)22-19(25)12-18(21-14(2)24)15-6-4-3-5-7-15/h3-11,18H,12H2,1-2H3,(H,20,23)(H,21,24)(H,22,25). The number of rotatable bonds is 6. The Labute approximate surface area is 146 Å². The van der Waals surface area contributed by atoms with Gasteiger partial charge in [0, 0.05) is 25.2 Å². The van der Waals surface area contributed by atoms with Gasteiger partial charge < -0.3 is 16.0 Å². The highest BCUT2D eigenvalue weighted by Gasteiger charge is 2.17. The molecule has 6 heteroatoms. The fourth-order valence-electron chi connectivity index (χ4n) is 2.42. The minimum Gasteiger partial charge on any atom is -0.349 e. The van der Waals surface area contributed by atoms with Crippen molar-refractivity contribution in [1.29, 1.82) is 0 Å². The Bertz CT molecular complexity index is 742. The predicted molar refractivity (Wildman–Crippen MR) is 97.0 cm³/mol. The maximum Gasteiger partial charge on any atom is 0.226 e. The van der Waals surface area contributed by atoms with Crippen LogP contribution in [0.5, 0.6) is 0 Å². The highest BCUT2D eigenvalue weighted by Crippen LogP contribution is 2.19. The summed E-state index contributed by atoms with van der Waals surface area (Å²) in [4.78, 5) is 34.7. The van der Waals surface area contributed by atoms with E-state index in [2.05, 4.69) is 16.0 Å². The monoisotopic (exact) mass is 339 g/mol. The zero-order valence-electron chi connectivity index (χ0n) is 14.2. The molecule has 0 aliphatic carbocycles. The van der Waals surface area contributed by atoms with Crippen LogP contribution in [0.1, 0.15) is 31.9 Å². The number of benzene rings is 2. The number of amides is 3. The third kappa shape index (κ3) is 6.10. The van der Waals surface area contributed by atoms with E-state index in [0.717, 1.165) is 5.56 Å². The van der Waals surface area contributed by atoms with Gasteiger partial charge in [-0.15, -0.1) is 0 Å². The molecule has 0 saturated heterocycles. The molecule has 0 aromatic heterocycles. The fraction of sp³-hybridized carbons (Fsp3) is 0.211. The van der Waals surface area contributed by atoms with Gasteiger partial charge in [0.25, 0.3) is 0 Å². The number of anilines is 2. The van der Waals surface area contributed by atoms with E-state index in [1.54, 1.807) is 24.3 Å². The average molecular weight is 339 g/mol. The molecule has 2 aromatic carbocycles. The first-order valence-corrected chi connectivity index (χ1v) is 7.93. The van der Waals surface area contributed by atoms with Crippen molar-refractivity contribution in [3.63, 3.8) is 0 Å². The molecule has 0 saturated carbocycles. The van der Waals surface area contributed by atoms with Crippen LogP contribution in [0.3, 0.4) is 0 Å². The summed E-state index contributed by atoms with van der Waals surface area (Å²) in [6.45, 7) is 2.86. The second kappa shape index (κ2) is 8.63. The second-order valence-electron chi connectivity index (χ2n) is 5.67.